The molecule has 0 aromatic heterocycles. The molecule has 1 aliphatic carbocycles. The van der Waals surface area contributed by atoms with Crippen LogP contribution in [0.25, 0.3) is 0 Å². The van der Waals surface area contributed by atoms with Crippen LogP contribution in [0.5, 0.6) is 5.75 Å². The van der Waals surface area contributed by atoms with Gasteiger partial charge in [-0.05, 0) is 49.8 Å². The summed E-state index contributed by atoms with van der Waals surface area (Å²) in [7, 11) is 1.75. The topological polar surface area (TPSA) is 35.2 Å². The maximum absolute atomic E-state index is 5.67. The summed E-state index contributed by atoms with van der Waals surface area (Å²) >= 11 is 0. The van der Waals surface area contributed by atoms with Gasteiger partial charge in [0.1, 0.15) is 5.75 Å². The molecule has 1 atom stereocenters. The molecule has 82 valence electrons. The van der Waals surface area contributed by atoms with Gasteiger partial charge in [-0.25, -0.2) is 0 Å². The number of hydrogen-bond donors (Lipinski definition) is 1. The van der Waals surface area contributed by atoms with Gasteiger partial charge in [-0.1, -0.05) is 12.1 Å². The third-order valence-electron chi connectivity index (χ3n) is 3.30. The summed E-state index contributed by atoms with van der Waals surface area (Å²) in [6.07, 6.45) is 4.80. The molecular weight excluding hydrogens is 186 g/mol. The highest BCUT2D eigenvalue weighted by Gasteiger charge is 2.22. The molecule has 0 saturated carbocycles. The highest BCUT2D eigenvalue weighted by Crippen LogP contribution is 2.39. The molecule has 2 heteroatoms. The Morgan fingerprint density at radius 2 is 2.33 bits per heavy atom. The van der Waals surface area contributed by atoms with Crippen molar-refractivity contribution in [1.29, 1.82) is 0 Å². The minimum Gasteiger partial charge on any atom is -0.496 e. The molecule has 0 fully saturated rings. The quantitative estimate of drug-likeness (QED) is 0.822. The lowest BCUT2D eigenvalue weighted by Crippen LogP contribution is -2.14. The molecule has 2 rings (SSSR count). The van der Waals surface area contributed by atoms with Gasteiger partial charge in [0.05, 0.1) is 7.11 Å². The predicted molar refractivity (Wildman–Crippen MR) is 62.3 cm³/mol. The molecule has 1 aromatic rings. The van der Waals surface area contributed by atoms with E-state index < -0.39 is 0 Å². The number of aryl methyl sites for hydroxylation is 1. The summed E-state index contributed by atoms with van der Waals surface area (Å²) in [5.74, 6) is 1.65. The SMILES string of the molecule is COc1cccc2c1C(CCN)CCC2. The first kappa shape index (κ1) is 10.5. The minimum atomic E-state index is 0.606. The molecule has 0 spiro atoms. The zero-order valence-corrected chi connectivity index (χ0v) is 9.33. The lowest BCUT2D eigenvalue weighted by molar-refractivity contribution is 0.395. The van der Waals surface area contributed by atoms with Crippen molar-refractivity contribution in [3.63, 3.8) is 0 Å². The molecule has 1 aliphatic rings. The van der Waals surface area contributed by atoms with Crippen LogP contribution in [0.3, 0.4) is 0 Å². The zero-order valence-electron chi connectivity index (χ0n) is 9.33. The zero-order chi connectivity index (χ0) is 10.7. The molecule has 0 heterocycles. The molecule has 2 nitrogen and oxygen atoms in total. The highest BCUT2D eigenvalue weighted by atomic mass is 16.5. The van der Waals surface area contributed by atoms with Gasteiger partial charge in [0.2, 0.25) is 0 Å². The van der Waals surface area contributed by atoms with Crippen LogP contribution in [-0.4, -0.2) is 13.7 Å². The molecule has 1 aromatic carbocycles. The van der Waals surface area contributed by atoms with Gasteiger partial charge >= 0.3 is 0 Å². The van der Waals surface area contributed by atoms with Crippen molar-refractivity contribution in [3.8, 4) is 5.75 Å². The Bertz CT molecular complexity index is 321. The lowest BCUT2D eigenvalue weighted by atomic mass is 9.80. The van der Waals surface area contributed by atoms with Crippen LogP contribution < -0.4 is 10.5 Å². The number of hydrogen-bond acceptors (Lipinski definition) is 2. The molecule has 0 saturated heterocycles. The molecule has 0 amide bonds. The average Bonchev–Trinajstić information content (AvgIpc) is 2.29. The predicted octanol–water partition coefficient (Wildman–Crippen LogP) is 2.46. The third-order valence-corrected chi connectivity index (χ3v) is 3.30. The van der Waals surface area contributed by atoms with E-state index >= 15 is 0 Å². The van der Waals surface area contributed by atoms with Gasteiger partial charge in [-0.2, -0.15) is 0 Å². The standard InChI is InChI=1S/C13H19NO/c1-15-12-7-3-6-10-4-2-5-11(8-9-14)13(10)12/h3,6-7,11H,2,4-5,8-9,14H2,1H3. The Labute approximate surface area is 91.4 Å². The molecule has 0 bridgehead atoms. The summed E-state index contributed by atoms with van der Waals surface area (Å²) in [4.78, 5) is 0. The Morgan fingerprint density at radius 3 is 3.07 bits per heavy atom. The van der Waals surface area contributed by atoms with Crippen LogP contribution in [0, 0.1) is 0 Å². The van der Waals surface area contributed by atoms with Crippen molar-refractivity contribution in [1.82, 2.24) is 0 Å². The van der Waals surface area contributed by atoms with E-state index in [-0.39, 0.29) is 0 Å². The Morgan fingerprint density at radius 1 is 1.47 bits per heavy atom. The highest BCUT2D eigenvalue weighted by molar-refractivity contribution is 5.44. The third kappa shape index (κ3) is 2.00. The van der Waals surface area contributed by atoms with E-state index in [9.17, 15) is 0 Å². The number of benzene rings is 1. The summed E-state index contributed by atoms with van der Waals surface area (Å²) < 4.78 is 5.45. The fourth-order valence-corrected chi connectivity index (χ4v) is 2.62. The molecule has 15 heavy (non-hydrogen) atoms. The van der Waals surface area contributed by atoms with E-state index in [0.29, 0.717) is 5.92 Å². The summed E-state index contributed by atoms with van der Waals surface area (Å²) in [6.45, 7) is 0.766. The normalized spacial score (nSPS) is 19.7. The molecule has 0 aliphatic heterocycles. The van der Waals surface area contributed by atoms with Crippen molar-refractivity contribution in [3.05, 3.63) is 29.3 Å². The van der Waals surface area contributed by atoms with Crippen molar-refractivity contribution < 1.29 is 4.74 Å². The number of methoxy groups -OCH3 is 1. The van der Waals surface area contributed by atoms with Crippen LogP contribution in [0.15, 0.2) is 18.2 Å². The number of nitrogens with two attached hydrogens (primary N) is 1. The number of fused-ring (bicyclic) bond motifs is 1. The van der Waals surface area contributed by atoms with Crippen molar-refractivity contribution in [2.75, 3.05) is 13.7 Å². The molecule has 2 N–H and O–H groups in total. The average molecular weight is 205 g/mol. The molecule has 0 radical (unpaired) electrons. The monoisotopic (exact) mass is 205 g/mol. The smallest absolute Gasteiger partial charge is 0.122 e. The van der Waals surface area contributed by atoms with E-state index in [1.165, 1.54) is 30.4 Å². The lowest BCUT2D eigenvalue weighted by Gasteiger charge is -2.27. The minimum absolute atomic E-state index is 0.606. The van der Waals surface area contributed by atoms with E-state index in [4.69, 9.17) is 10.5 Å². The fraction of sp³-hybridized carbons (Fsp3) is 0.538. The van der Waals surface area contributed by atoms with Crippen LogP contribution >= 0.6 is 0 Å². The molecule has 1 unspecified atom stereocenters. The van der Waals surface area contributed by atoms with Crippen LogP contribution in [0.4, 0.5) is 0 Å². The van der Waals surface area contributed by atoms with Gasteiger partial charge in [0, 0.05) is 5.56 Å². The number of ether oxygens (including phenoxy) is 1. The van der Waals surface area contributed by atoms with Gasteiger partial charge in [0.15, 0.2) is 0 Å². The van der Waals surface area contributed by atoms with E-state index in [0.717, 1.165) is 18.7 Å². The maximum Gasteiger partial charge on any atom is 0.122 e. The van der Waals surface area contributed by atoms with Gasteiger partial charge in [-0.15, -0.1) is 0 Å². The van der Waals surface area contributed by atoms with Crippen LogP contribution in [0.2, 0.25) is 0 Å². The fourth-order valence-electron chi connectivity index (χ4n) is 2.62. The Hall–Kier alpha value is -1.02. The van der Waals surface area contributed by atoms with Crippen molar-refractivity contribution >= 4 is 0 Å². The second-order valence-corrected chi connectivity index (χ2v) is 4.20. The Kier molecular flexibility index (Phi) is 3.27. The first-order valence-corrected chi connectivity index (χ1v) is 5.72. The maximum atomic E-state index is 5.67. The second kappa shape index (κ2) is 4.67. The summed E-state index contributed by atoms with van der Waals surface area (Å²) in [6, 6.07) is 6.37. The van der Waals surface area contributed by atoms with Crippen LogP contribution in [0.1, 0.15) is 36.3 Å². The molecular formula is C13H19NO. The Balaban J connectivity index is 2.38. The largest absolute Gasteiger partial charge is 0.496 e. The summed E-state index contributed by atoms with van der Waals surface area (Å²) in [5.41, 5.74) is 8.54. The first-order valence-electron chi connectivity index (χ1n) is 5.72. The first-order chi connectivity index (χ1) is 7.36. The van der Waals surface area contributed by atoms with E-state index in [1.807, 2.05) is 0 Å². The van der Waals surface area contributed by atoms with Crippen LogP contribution in [-0.2, 0) is 6.42 Å². The number of rotatable bonds is 3. The van der Waals surface area contributed by atoms with E-state index in [2.05, 4.69) is 18.2 Å². The van der Waals surface area contributed by atoms with Gasteiger partial charge in [0.25, 0.3) is 0 Å². The van der Waals surface area contributed by atoms with Gasteiger partial charge < -0.3 is 10.5 Å². The van der Waals surface area contributed by atoms with Crippen molar-refractivity contribution in [2.24, 2.45) is 5.73 Å². The second-order valence-electron chi connectivity index (χ2n) is 4.20. The summed E-state index contributed by atoms with van der Waals surface area (Å²) in [5, 5.41) is 0. The van der Waals surface area contributed by atoms with Gasteiger partial charge in [-0.3, -0.25) is 0 Å². The van der Waals surface area contributed by atoms with Crippen molar-refractivity contribution in [2.45, 2.75) is 31.6 Å². The van der Waals surface area contributed by atoms with E-state index in [1.54, 1.807) is 7.11 Å².